The molecule has 0 N–H and O–H groups in total. The Morgan fingerprint density at radius 3 is 2.80 bits per heavy atom. The maximum absolute atomic E-state index is 6.12. The number of ether oxygens (including phenoxy) is 1. The van der Waals surface area contributed by atoms with Crippen LogP contribution in [0.25, 0.3) is 0 Å². The van der Waals surface area contributed by atoms with Gasteiger partial charge in [-0.2, -0.15) is 5.10 Å². The lowest BCUT2D eigenvalue weighted by Gasteiger charge is -2.22. The number of nitrogens with zero attached hydrogens (tertiary/aromatic N) is 2. The lowest BCUT2D eigenvalue weighted by Crippen LogP contribution is -2.19. The summed E-state index contributed by atoms with van der Waals surface area (Å²) < 4.78 is 7.60. The fourth-order valence-corrected chi connectivity index (χ4v) is 2.27. The van der Waals surface area contributed by atoms with Gasteiger partial charge in [0.1, 0.15) is 0 Å². The second-order valence-electron chi connectivity index (χ2n) is 3.99. The average Bonchev–Trinajstić information content (AvgIpc) is 2.62. The van der Waals surface area contributed by atoms with Crippen molar-refractivity contribution in [3.8, 4) is 5.75 Å². The number of aryl methyl sites for hydroxylation is 1. The van der Waals surface area contributed by atoms with Gasteiger partial charge in [0, 0.05) is 6.54 Å². The molecule has 1 fully saturated rings. The van der Waals surface area contributed by atoms with E-state index in [2.05, 4.69) is 5.10 Å². The number of hydrogen-bond donors (Lipinski definition) is 0. The predicted molar refractivity (Wildman–Crippen MR) is 60.4 cm³/mol. The second-order valence-corrected chi connectivity index (χ2v) is 4.35. The Bertz CT molecular complexity index is 318. The molecule has 84 valence electrons. The van der Waals surface area contributed by atoms with Gasteiger partial charge in [-0.1, -0.05) is 18.0 Å². The van der Waals surface area contributed by atoms with Gasteiger partial charge >= 0.3 is 0 Å². The third-order valence-electron chi connectivity index (χ3n) is 2.89. The van der Waals surface area contributed by atoms with E-state index >= 15 is 0 Å². The summed E-state index contributed by atoms with van der Waals surface area (Å²) >= 11 is 6.12. The van der Waals surface area contributed by atoms with Crippen molar-refractivity contribution in [3.63, 3.8) is 0 Å². The Labute approximate surface area is 95.4 Å². The zero-order valence-electron chi connectivity index (χ0n) is 9.08. The van der Waals surface area contributed by atoms with Crippen molar-refractivity contribution >= 4 is 11.6 Å². The quantitative estimate of drug-likeness (QED) is 0.794. The third-order valence-corrected chi connectivity index (χ3v) is 3.27. The first-order valence-corrected chi connectivity index (χ1v) is 6.07. The molecule has 3 nitrogen and oxygen atoms in total. The molecular weight excluding hydrogens is 212 g/mol. The van der Waals surface area contributed by atoms with Crippen LogP contribution in [0.5, 0.6) is 5.75 Å². The summed E-state index contributed by atoms with van der Waals surface area (Å²) in [5.74, 6) is 0.741. The van der Waals surface area contributed by atoms with E-state index in [-0.39, 0.29) is 0 Å². The summed E-state index contributed by atoms with van der Waals surface area (Å²) in [7, 11) is 0. The first-order valence-electron chi connectivity index (χ1n) is 5.69. The molecule has 2 rings (SSSR count). The number of hydrogen-bond acceptors (Lipinski definition) is 2. The molecule has 1 aromatic rings. The van der Waals surface area contributed by atoms with Gasteiger partial charge < -0.3 is 4.74 Å². The van der Waals surface area contributed by atoms with Crippen LogP contribution in [-0.4, -0.2) is 15.9 Å². The Kier molecular flexibility index (Phi) is 3.52. The Balaban J connectivity index is 2.00. The molecule has 0 atom stereocenters. The molecule has 4 heteroatoms. The standard InChI is InChI=1S/C11H17ClN2O/c1-2-14-11(12)10(8-13-14)15-9-6-4-3-5-7-9/h8-9H,2-7H2,1H3. The Hall–Kier alpha value is -0.700. The minimum Gasteiger partial charge on any atom is -0.486 e. The molecule has 1 heterocycles. The second kappa shape index (κ2) is 4.88. The lowest BCUT2D eigenvalue weighted by molar-refractivity contribution is 0.155. The van der Waals surface area contributed by atoms with Crippen LogP contribution in [0.2, 0.25) is 5.15 Å². The van der Waals surface area contributed by atoms with E-state index in [1.165, 1.54) is 19.3 Å². The lowest BCUT2D eigenvalue weighted by atomic mass is 9.98. The number of halogens is 1. The predicted octanol–water partition coefficient (Wildman–Crippen LogP) is 3.27. The number of aromatic nitrogens is 2. The minimum atomic E-state index is 0.339. The molecule has 0 aliphatic heterocycles. The fourth-order valence-electron chi connectivity index (χ4n) is 2.02. The maximum atomic E-state index is 6.12. The van der Waals surface area contributed by atoms with Crippen molar-refractivity contribution < 1.29 is 4.74 Å². The van der Waals surface area contributed by atoms with Gasteiger partial charge in [-0.25, -0.2) is 0 Å². The summed E-state index contributed by atoms with van der Waals surface area (Å²) in [5, 5.41) is 4.79. The van der Waals surface area contributed by atoms with Crippen LogP contribution >= 0.6 is 11.6 Å². The summed E-state index contributed by atoms with van der Waals surface area (Å²) in [6.07, 6.45) is 8.23. The van der Waals surface area contributed by atoms with Gasteiger partial charge in [0.15, 0.2) is 10.9 Å². The van der Waals surface area contributed by atoms with E-state index in [4.69, 9.17) is 16.3 Å². The van der Waals surface area contributed by atoms with E-state index in [0.717, 1.165) is 25.1 Å². The highest BCUT2D eigenvalue weighted by Crippen LogP contribution is 2.28. The maximum Gasteiger partial charge on any atom is 0.176 e. The van der Waals surface area contributed by atoms with Crippen LogP contribution in [0.15, 0.2) is 6.20 Å². The average molecular weight is 229 g/mol. The number of rotatable bonds is 3. The fraction of sp³-hybridized carbons (Fsp3) is 0.727. The molecule has 1 saturated carbocycles. The van der Waals surface area contributed by atoms with E-state index < -0.39 is 0 Å². The van der Waals surface area contributed by atoms with E-state index in [9.17, 15) is 0 Å². The highest BCUT2D eigenvalue weighted by molar-refractivity contribution is 6.31. The van der Waals surface area contributed by atoms with Crippen molar-refractivity contribution in [2.24, 2.45) is 0 Å². The molecule has 1 aliphatic rings. The molecule has 0 radical (unpaired) electrons. The highest BCUT2D eigenvalue weighted by atomic mass is 35.5. The zero-order valence-corrected chi connectivity index (χ0v) is 9.83. The van der Waals surface area contributed by atoms with Gasteiger partial charge in [-0.05, 0) is 32.6 Å². The van der Waals surface area contributed by atoms with Crippen LogP contribution in [-0.2, 0) is 6.54 Å². The van der Waals surface area contributed by atoms with Gasteiger partial charge in [-0.3, -0.25) is 4.68 Å². The SMILES string of the molecule is CCn1ncc(OC2CCCCC2)c1Cl. The molecule has 0 aromatic carbocycles. The molecule has 0 spiro atoms. The Morgan fingerprint density at radius 1 is 1.47 bits per heavy atom. The van der Waals surface area contributed by atoms with Crippen LogP contribution in [0.1, 0.15) is 39.0 Å². The van der Waals surface area contributed by atoms with E-state index in [1.54, 1.807) is 10.9 Å². The van der Waals surface area contributed by atoms with Gasteiger partial charge in [-0.15, -0.1) is 0 Å². The molecular formula is C11H17ClN2O. The minimum absolute atomic E-state index is 0.339. The van der Waals surface area contributed by atoms with Gasteiger partial charge in [0.25, 0.3) is 0 Å². The first-order chi connectivity index (χ1) is 7.31. The van der Waals surface area contributed by atoms with Gasteiger partial charge in [0.2, 0.25) is 0 Å². The van der Waals surface area contributed by atoms with Crippen molar-refractivity contribution in [1.29, 1.82) is 0 Å². The molecule has 0 saturated heterocycles. The van der Waals surface area contributed by atoms with Crippen LogP contribution < -0.4 is 4.74 Å². The van der Waals surface area contributed by atoms with E-state index in [0.29, 0.717) is 11.3 Å². The molecule has 0 bridgehead atoms. The van der Waals surface area contributed by atoms with Crippen molar-refractivity contribution in [3.05, 3.63) is 11.3 Å². The molecule has 1 aliphatic carbocycles. The zero-order chi connectivity index (χ0) is 10.7. The molecule has 1 aromatic heterocycles. The smallest absolute Gasteiger partial charge is 0.176 e. The third kappa shape index (κ3) is 2.46. The summed E-state index contributed by atoms with van der Waals surface area (Å²) in [4.78, 5) is 0. The monoisotopic (exact) mass is 228 g/mol. The van der Waals surface area contributed by atoms with Gasteiger partial charge in [0.05, 0.1) is 12.3 Å². The molecule has 0 amide bonds. The van der Waals surface area contributed by atoms with Crippen LogP contribution in [0.3, 0.4) is 0 Å². The van der Waals surface area contributed by atoms with Crippen molar-refractivity contribution in [1.82, 2.24) is 9.78 Å². The summed E-state index contributed by atoms with van der Waals surface area (Å²) in [6.45, 7) is 2.80. The summed E-state index contributed by atoms with van der Waals surface area (Å²) in [5.41, 5.74) is 0. The van der Waals surface area contributed by atoms with Crippen LogP contribution in [0, 0.1) is 0 Å². The molecule has 15 heavy (non-hydrogen) atoms. The largest absolute Gasteiger partial charge is 0.486 e. The van der Waals surface area contributed by atoms with Crippen molar-refractivity contribution in [2.45, 2.75) is 51.7 Å². The topological polar surface area (TPSA) is 27.1 Å². The van der Waals surface area contributed by atoms with Crippen molar-refractivity contribution in [2.75, 3.05) is 0 Å². The van der Waals surface area contributed by atoms with Crippen LogP contribution in [0.4, 0.5) is 0 Å². The summed E-state index contributed by atoms with van der Waals surface area (Å²) in [6, 6.07) is 0. The van der Waals surface area contributed by atoms with E-state index in [1.807, 2.05) is 6.92 Å². The molecule has 0 unspecified atom stereocenters. The first kappa shape index (κ1) is 10.8. The normalized spacial score (nSPS) is 18.0. The Morgan fingerprint density at radius 2 is 2.20 bits per heavy atom. The highest BCUT2D eigenvalue weighted by Gasteiger charge is 2.17.